The van der Waals surface area contributed by atoms with Gasteiger partial charge in [0.2, 0.25) is 0 Å². The van der Waals surface area contributed by atoms with Crippen molar-refractivity contribution >= 4 is 30.1 Å². The Morgan fingerprint density at radius 2 is 1.56 bits per heavy atom. The number of carbonyl (C=O) groups excluding carboxylic acids is 1. The predicted octanol–water partition coefficient (Wildman–Crippen LogP) is 2.88. The topological polar surface area (TPSA) is 66.5 Å². The van der Waals surface area contributed by atoms with Crippen LogP contribution in [0.5, 0.6) is 0 Å². The van der Waals surface area contributed by atoms with Crippen molar-refractivity contribution < 1.29 is 4.79 Å². The maximum Gasteiger partial charge on any atom is 0.155 e. The quantitative estimate of drug-likeness (QED) is 0.733. The average molecular weight is 326 g/mol. The third-order valence-corrected chi connectivity index (χ3v) is 3.85. The summed E-state index contributed by atoms with van der Waals surface area (Å²) in [7, 11) is 0. The summed E-state index contributed by atoms with van der Waals surface area (Å²) in [4.78, 5) is 28.7. The molecule has 25 heavy (non-hydrogen) atoms. The second-order valence-corrected chi connectivity index (χ2v) is 5.73. The summed E-state index contributed by atoms with van der Waals surface area (Å²) >= 11 is 0. The zero-order valence-electron chi connectivity index (χ0n) is 13.3. The van der Waals surface area contributed by atoms with Crippen LogP contribution in [0.2, 0.25) is 0 Å². The van der Waals surface area contributed by atoms with Crippen molar-refractivity contribution in [3.05, 3.63) is 83.9 Å². The highest BCUT2D eigenvalue weighted by Gasteiger charge is 2.25. The molecule has 0 aromatic heterocycles. The summed E-state index contributed by atoms with van der Waals surface area (Å²) in [5.41, 5.74) is 3.14. The third-order valence-electron chi connectivity index (χ3n) is 3.85. The van der Waals surface area contributed by atoms with Crippen LogP contribution in [-0.2, 0) is 4.79 Å². The van der Waals surface area contributed by atoms with Gasteiger partial charge in [-0.2, -0.15) is 0 Å². The van der Waals surface area contributed by atoms with Gasteiger partial charge in [0, 0.05) is 12.4 Å². The van der Waals surface area contributed by atoms with Crippen molar-refractivity contribution in [2.45, 2.75) is 5.54 Å². The van der Waals surface area contributed by atoms with E-state index in [9.17, 15) is 4.79 Å². The minimum absolute atomic E-state index is 0.710. The molecule has 1 atom stereocenters. The fourth-order valence-corrected chi connectivity index (χ4v) is 2.65. The molecule has 1 unspecified atom stereocenters. The molecule has 4 aliphatic heterocycles. The lowest BCUT2D eigenvalue weighted by molar-refractivity contribution is -0.109. The fourth-order valence-electron chi connectivity index (χ4n) is 2.65. The normalized spacial score (nSPS) is 30.5. The molecule has 5 heteroatoms. The van der Waals surface area contributed by atoms with Crippen molar-refractivity contribution in [1.29, 1.82) is 0 Å². The smallest absolute Gasteiger partial charge is 0.155 e. The van der Waals surface area contributed by atoms with E-state index in [-0.39, 0.29) is 0 Å². The summed E-state index contributed by atoms with van der Waals surface area (Å²) in [6.45, 7) is 0. The summed E-state index contributed by atoms with van der Waals surface area (Å²) in [6.07, 6.45) is 24.7. The second-order valence-electron chi connectivity index (χ2n) is 5.73. The summed E-state index contributed by atoms with van der Waals surface area (Å²) in [5.74, 6) is 0. The number of nitrogens with zero attached hydrogens (tertiary/aromatic N) is 4. The van der Waals surface area contributed by atoms with Gasteiger partial charge in [0.15, 0.2) is 11.8 Å². The molecule has 0 amide bonds. The molecule has 0 aliphatic carbocycles. The van der Waals surface area contributed by atoms with E-state index in [0.717, 1.165) is 29.1 Å². The first-order chi connectivity index (χ1) is 12.2. The molecule has 5 nitrogen and oxygen atoms in total. The van der Waals surface area contributed by atoms with Gasteiger partial charge in [-0.25, -0.2) is 9.98 Å². The molecule has 4 aliphatic rings. The lowest BCUT2D eigenvalue weighted by Gasteiger charge is -2.10. The van der Waals surface area contributed by atoms with Crippen LogP contribution >= 0.6 is 0 Å². The van der Waals surface area contributed by atoms with Crippen molar-refractivity contribution in [1.82, 2.24) is 0 Å². The standard InChI is InChI=1S/C20H14N4O/c25-14-20(8-2-10-22-20)13-19-7-6-18(24-19)12-17-5-4-16(23-17)11-15-3-1-9-21-15/h1-14H. The Hall–Kier alpha value is -3.47. The number of hydrogen-bond donors (Lipinski definition) is 0. The minimum Gasteiger partial charge on any atom is -0.300 e. The van der Waals surface area contributed by atoms with Gasteiger partial charge in [0.1, 0.15) is 0 Å². The van der Waals surface area contributed by atoms with Gasteiger partial charge in [-0.15, -0.1) is 0 Å². The first kappa shape index (κ1) is 15.1. The maximum atomic E-state index is 11.3. The molecule has 0 N–H and O–H groups in total. The molecule has 0 aromatic carbocycles. The fraction of sp³-hybridized carbons (Fsp3) is 0.0500. The van der Waals surface area contributed by atoms with Crippen molar-refractivity contribution in [3.63, 3.8) is 0 Å². The summed E-state index contributed by atoms with van der Waals surface area (Å²) < 4.78 is 0. The molecule has 4 heterocycles. The average Bonchev–Trinajstić information content (AvgIpc) is 3.39. The van der Waals surface area contributed by atoms with Crippen LogP contribution in [0.25, 0.3) is 0 Å². The van der Waals surface area contributed by atoms with E-state index in [2.05, 4.69) is 20.0 Å². The zero-order chi connectivity index (χ0) is 17.1. The van der Waals surface area contributed by atoms with Crippen LogP contribution in [0.15, 0.2) is 104 Å². The molecule has 120 valence electrons. The van der Waals surface area contributed by atoms with Gasteiger partial charge < -0.3 is 0 Å². The number of rotatable bonds is 4. The van der Waals surface area contributed by atoms with E-state index in [4.69, 9.17) is 0 Å². The summed E-state index contributed by atoms with van der Waals surface area (Å²) in [6, 6.07) is 0. The van der Waals surface area contributed by atoms with E-state index in [1.807, 2.05) is 48.6 Å². The van der Waals surface area contributed by atoms with E-state index < -0.39 is 5.54 Å². The molecule has 0 spiro atoms. The van der Waals surface area contributed by atoms with Crippen molar-refractivity contribution in [2.75, 3.05) is 0 Å². The molecule has 0 aromatic rings. The monoisotopic (exact) mass is 326 g/mol. The highest BCUT2D eigenvalue weighted by Crippen LogP contribution is 2.22. The second kappa shape index (κ2) is 6.20. The first-order valence-corrected chi connectivity index (χ1v) is 7.85. The van der Waals surface area contributed by atoms with Gasteiger partial charge in [0.05, 0.1) is 28.5 Å². The van der Waals surface area contributed by atoms with Crippen LogP contribution in [0.3, 0.4) is 0 Å². The molecule has 0 saturated carbocycles. The lowest BCUT2D eigenvalue weighted by atomic mass is 10.0. The molecule has 0 bridgehead atoms. The predicted molar refractivity (Wildman–Crippen MR) is 101 cm³/mol. The number of allylic oxidation sites excluding steroid dienone is 9. The van der Waals surface area contributed by atoms with Gasteiger partial charge in [0.25, 0.3) is 0 Å². The van der Waals surface area contributed by atoms with Crippen LogP contribution in [0.1, 0.15) is 0 Å². The molecule has 0 radical (unpaired) electrons. The molecule has 4 rings (SSSR count). The Kier molecular flexibility index (Phi) is 3.74. The Balaban J connectivity index is 1.53. The Morgan fingerprint density at radius 3 is 2.24 bits per heavy atom. The molecular weight excluding hydrogens is 312 g/mol. The molecule has 0 fully saturated rings. The van der Waals surface area contributed by atoms with E-state index in [1.165, 1.54) is 0 Å². The molecule has 0 saturated heterocycles. The minimum atomic E-state index is -0.925. The maximum absolute atomic E-state index is 11.3. The Bertz CT molecular complexity index is 934. The van der Waals surface area contributed by atoms with E-state index in [1.54, 1.807) is 30.7 Å². The van der Waals surface area contributed by atoms with Gasteiger partial charge in [-0.05, 0) is 66.8 Å². The SMILES string of the molecule is O=CC1(C=C2C=CC(C=C3C=CC(C=C4C=CC=N4)=N3)=N2)C=CC=N1. The first-order valence-electron chi connectivity index (χ1n) is 7.85. The highest BCUT2D eigenvalue weighted by molar-refractivity contribution is 6.11. The zero-order valence-corrected chi connectivity index (χ0v) is 13.3. The van der Waals surface area contributed by atoms with Gasteiger partial charge >= 0.3 is 0 Å². The van der Waals surface area contributed by atoms with Crippen LogP contribution in [0.4, 0.5) is 0 Å². The number of aldehydes is 1. The van der Waals surface area contributed by atoms with Gasteiger partial charge in [-0.1, -0.05) is 0 Å². The number of carbonyl (C=O) groups is 1. The largest absolute Gasteiger partial charge is 0.300 e. The van der Waals surface area contributed by atoms with Crippen LogP contribution < -0.4 is 0 Å². The van der Waals surface area contributed by atoms with Crippen LogP contribution in [-0.4, -0.2) is 35.7 Å². The Morgan fingerprint density at radius 1 is 0.800 bits per heavy atom. The highest BCUT2D eigenvalue weighted by atomic mass is 16.1. The van der Waals surface area contributed by atoms with Crippen molar-refractivity contribution in [2.24, 2.45) is 20.0 Å². The van der Waals surface area contributed by atoms with Crippen molar-refractivity contribution in [3.8, 4) is 0 Å². The lowest BCUT2D eigenvalue weighted by Crippen LogP contribution is -2.20. The third kappa shape index (κ3) is 3.26. The Labute approximate surface area is 145 Å². The molecular formula is C20H14N4O. The van der Waals surface area contributed by atoms with Gasteiger partial charge in [-0.3, -0.25) is 14.8 Å². The number of hydrogen-bond acceptors (Lipinski definition) is 5. The van der Waals surface area contributed by atoms with E-state index in [0.29, 0.717) is 5.70 Å². The summed E-state index contributed by atoms with van der Waals surface area (Å²) in [5, 5.41) is 0. The number of aliphatic imine (C=N–C) groups is 4. The van der Waals surface area contributed by atoms with Crippen LogP contribution in [0, 0.1) is 0 Å². The van der Waals surface area contributed by atoms with E-state index >= 15 is 0 Å².